The van der Waals surface area contributed by atoms with Crippen molar-refractivity contribution >= 4 is 11.9 Å². The molecular formula is C32H46N4O5. The first kappa shape index (κ1) is 28.7. The van der Waals surface area contributed by atoms with Gasteiger partial charge < -0.3 is 35.6 Å². The van der Waals surface area contributed by atoms with Crippen LogP contribution in [-0.2, 0) is 9.53 Å². The second-order valence-corrected chi connectivity index (χ2v) is 13.2. The Bertz CT molecular complexity index is 1200. The average molecular weight is 567 g/mol. The molecule has 2 spiro atoms. The molecule has 6 aliphatic rings. The summed E-state index contributed by atoms with van der Waals surface area (Å²) < 4.78 is 6.35. The molecule has 3 fully saturated rings. The average Bonchev–Trinajstić information content (AvgIpc) is 3.33. The Morgan fingerprint density at radius 2 is 2.12 bits per heavy atom. The molecule has 0 radical (unpaired) electrons. The first-order valence-electron chi connectivity index (χ1n) is 15.6. The third kappa shape index (κ3) is 4.36. The molecule has 5 N–H and O–H groups in total. The van der Waals surface area contributed by atoms with Gasteiger partial charge in [0, 0.05) is 49.6 Å². The number of carbonyl (C=O) groups is 1. The SMILES string of the molecule is CN=C1NCC#CC2CC(C)C34CC(O)(COC5CCCCC5)C(C(=O)O)=C3CC2C42CN1C=CC2CNCCO. The Balaban J connectivity index is 1.50. The number of aliphatic hydroxyl groups is 2. The third-order valence-corrected chi connectivity index (χ3v) is 11.4. The predicted molar refractivity (Wildman–Crippen MR) is 156 cm³/mol. The van der Waals surface area contributed by atoms with Crippen molar-refractivity contribution in [1.29, 1.82) is 0 Å². The van der Waals surface area contributed by atoms with Crippen molar-refractivity contribution in [2.24, 2.45) is 39.5 Å². The molecule has 3 saturated carbocycles. The molecule has 0 aromatic rings. The van der Waals surface area contributed by atoms with Gasteiger partial charge >= 0.3 is 5.97 Å². The Labute approximate surface area is 243 Å². The van der Waals surface area contributed by atoms with Gasteiger partial charge in [0.15, 0.2) is 5.96 Å². The first-order valence-corrected chi connectivity index (χ1v) is 15.6. The van der Waals surface area contributed by atoms with Gasteiger partial charge in [-0.15, -0.1) is 0 Å². The lowest BCUT2D eigenvalue weighted by Crippen LogP contribution is -2.64. The fraction of sp³-hybridized carbons (Fsp3) is 0.750. The quantitative estimate of drug-likeness (QED) is 0.224. The van der Waals surface area contributed by atoms with Crippen LogP contribution >= 0.6 is 0 Å². The summed E-state index contributed by atoms with van der Waals surface area (Å²) in [5.41, 5.74) is -1.36. The minimum absolute atomic E-state index is 0.0253. The Hall–Kier alpha value is -2.38. The molecule has 224 valence electrons. The van der Waals surface area contributed by atoms with Gasteiger partial charge in [0.1, 0.15) is 5.60 Å². The number of fused-ring (bicyclic) bond motifs is 1. The number of carboxylic acid groups (broad SMARTS) is 1. The lowest BCUT2D eigenvalue weighted by Gasteiger charge is -2.62. The molecule has 41 heavy (non-hydrogen) atoms. The van der Waals surface area contributed by atoms with Gasteiger partial charge in [0.05, 0.1) is 31.4 Å². The standard InChI is InChI=1S/C32H46N4O5/c1-21-15-22-7-6-11-35-29(33-2)36-13-10-23(17-34-12-14-37)32(19-36)25(22)16-26-27(28(38)39)30(40,18-31(21,26)32)20-41-24-8-4-3-5-9-24/h10,13,21-25,34,37,40H,3-5,8-9,11-12,14-20H2,1-2H3,(H,33,35)(H,38,39). The van der Waals surface area contributed by atoms with Gasteiger partial charge in [-0.25, -0.2) is 4.79 Å². The summed E-state index contributed by atoms with van der Waals surface area (Å²) in [7, 11) is 1.78. The minimum Gasteiger partial charge on any atom is -0.478 e. The number of guanidine groups is 1. The summed E-state index contributed by atoms with van der Waals surface area (Å²) in [6, 6.07) is 0. The molecule has 0 amide bonds. The molecule has 0 aromatic heterocycles. The lowest BCUT2D eigenvalue weighted by molar-refractivity contribution is -0.145. The van der Waals surface area contributed by atoms with Crippen LogP contribution in [0.1, 0.15) is 58.3 Å². The van der Waals surface area contributed by atoms with Gasteiger partial charge in [-0.05, 0) is 55.4 Å². The number of nitrogens with one attached hydrogen (secondary N) is 2. The van der Waals surface area contributed by atoms with Gasteiger partial charge in [0.25, 0.3) is 0 Å². The summed E-state index contributed by atoms with van der Waals surface area (Å²) in [6.07, 6.45) is 11.6. The predicted octanol–water partition coefficient (Wildman–Crippen LogP) is 2.12. The van der Waals surface area contributed by atoms with E-state index < -0.39 is 17.0 Å². The van der Waals surface area contributed by atoms with E-state index in [0.717, 1.165) is 43.6 Å². The van der Waals surface area contributed by atoms with Crippen LogP contribution in [-0.4, -0.2) is 90.3 Å². The first-order chi connectivity index (χ1) is 19.8. The van der Waals surface area contributed by atoms with E-state index in [4.69, 9.17) is 4.74 Å². The zero-order valence-corrected chi connectivity index (χ0v) is 24.5. The van der Waals surface area contributed by atoms with E-state index in [9.17, 15) is 20.1 Å². The molecule has 4 aliphatic carbocycles. The minimum atomic E-state index is -1.55. The number of aliphatic carboxylic acids is 1. The summed E-state index contributed by atoms with van der Waals surface area (Å²) in [4.78, 5) is 19.8. The molecule has 2 aliphatic heterocycles. The van der Waals surface area contributed by atoms with Gasteiger partial charge in [-0.1, -0.05) is 44.1 Å². The van der Waals surface area contributed by atoms with E-state index in [0.29, 0.717) is 39.0 Å². The topological polar surface area (TPSA) is 127 Å². The number of aliphatic hydroxyl groups excluding tert-OH is 1. The van der Waals surface area contributed by atoms with Crippen LogP contribution in [0, 0.1) is 46.3 Å². The normalized spacial score (nSPS) is 40.7. The molecule has 7 unspecified atom stereocenters. The number of hydrogen-bond donors (Lipinski definition) is 5. The van der Waals surface area contributed by atoms with Crippen LogP contribution in [0.15, 0.2) is 28.4 Å². The summed E-state index contributed by atoms with van der Waals surface area (Å²) in [5.74, 6) is 7.15. The van der Waals surface area contributed by atoms with E-state index in [-0.39, 0.29) is 54.0 Å². The number of ether oxygens (including phenoxy) is 1. The molecule has 7 atom stereocenters. The maximum Gasteiger partial charge on any atom is 0.334 e. The van der Waals surface area contributed by atoms with Crippen molar-refractivity contribution in [2.45, 2.75) is 70.0 Å². The maximum absolute atomic E-state index is 13.1. The highest BCUT2D eigenvalue weighted by Gasteiger charge is 2.76. The molecular weight excluding hydrogens is 520 g/mol. The van der Waals surface area contributed by atoms with E-state index in [1.807, 2.05) is 0 Å². The fourth-order valence-corrected chi connectivity index (χ4v) is 9.94. The monoisotopic (exact) mass is 566 g/mol. The number of carboxylic acids is 1. The molecule has 6 rings (SSSR count). The molecule has 0 aromatic carbocycles. The van der Waals surface area contributed by atoms with E-state index >= 15 is 0 Å². The van der Waals surface area contributed by atoms with E-state index in [1.54, 1.807) is 7.05 Å². The Morgan fingerprint density at radius 1 is 1.32 bits per heavy atom. The number of aliphatic imine (C=N–C) groups is 1. The third-order valence-electron chi connectivity index (χ3n) is 11.4. The van der Waals surface area contributed by atoms with Gasteiger partial charge in [-0.2, -0.15) is 0 Å². The number of allylic oxidation sites excluding steroid dienone is 1. The van der Waals surface area contributed by atoms with Crippen molar-refractivity contribution in [2.75, 3.05) is 46.4 Å². The summed E-state index contributed by atoms with van der Waals surface area (Å²) >= 11 is 0. The van der Waals surface area contributed by atoms with Crippen LogP contribution in [0.5, 0.6) is 0 Å². The maximum atomic E-state index is 13.1. The highest BCUT2D eigenvalue weighted by molar-refractivity contribution is 5.92. The van der Waals surface area contributed by atoms with Gasteiger partial charge in [0.2, 0.25) is 0 Å². The van der Waals surface area contributed by atoms with E-state index in [2.05, 4.69) is 51.6 Å². The summed E-state index contributed by atoms with van der Waals surface area (Å²) in [6.45, 7) is 4.66. The number of nitrogens with zero attached hydrogens (tertiary/aromatic N) is 2. The molecule has 2 heterocycles. The van der Waals surface area contributed by atoms with Crippen LogP contribution in [0.3, 0.4) is 0 Å². The molecule has 5 bridgehead atoms. The summed E-state index contributed by atoms with van der Waals surface area (Å²) in [5, 5.41) is 39.5. The van der Waals surface area contributed by atoms with Crippen LogP contribution in [0.4, 0.5) is 0 Å². The molecule has 0 saturated heterocycles. The van der Waals surface area contributed by atoms with Crippen molar-refractivity contribution in [1.82, 2.24) is 15.5 Å². The Morgan fingerprint density at radius 3 is 2.85 bits per heavy atom. The largest absolute Gasteiger partial charge is 0.478 e. The van der Waals surface area contributed by atoms with Crippen LogP contribution in [0.2, 0.25) is 0 Å². The second kappa shape index (κ2) is 11.0. The second-order valence-electron chi connectivity index (χ2n) is 13.2. The highest BCUT2D eigenvalue weighted by Crippen LogP contribution is 2.78. The van der Waals surface area contributed by atoms with Crippen LogP contribution < -0.4 is 10.6 Å². The van der Waals surface area contributed by atoms with Crippen molar-refractivity contribution in [3.05, 3.63) is 23.4 Å². The van der Waals surface area contributed by atoms with Crippen molar-refractivity contribution in [3.8, 4) is 11.8 Å². The van der Waals surface area contributed by atoms with E-state index in [1.165, 1.54) is 6.42 Å². The highest BCUT2D eigenvalue weighted by atomic mass is 16.5. The van der Waals surface area contributed by atoms with Crippen molar-refractivity contribution < 1.29 is 24.9 Å². The van der Waals surface area contributed by atoms with Gasteiger partial charge in [-0.3, -0.25) is 4.99 Å². The zero-order chi connectivity index (χ0) is 28.8. The fourth-order valence-electron chi connectivity index (χ4n) is 9.94. The van der Waals surface area contributed by atoms with Crippen molar-refractivity contribution in [3.63, 3.8) is 0 Å². The lowest BCUT2D eigenvalue weighted by atomic mass is 9.44. The zero-order valence-electron chi connectivity index (χ0n) is 24.5. The number of rotatable bonds is 8. The molecule has 9 heteroatoms. The number of hydrogen-bond acceptors (Lipinski definition) is 6. The van der Waals surface area contributed by atoms with Crippen LogP contribution in [0.25, 0.3) is 0 Å². The smallest absolute Gasteiger partial charge is 0.334 e. The molecule has 9 nitrogen and oxygen atoms in total. The Kier molecular flexibility index (Phi) is 7.73.